The molecule has 122 valence electrons. The van der Waals surface area contributed by atoms with E-state index in [1.807, 2.05) is 13.8 Å². The normalized spacial score (nSPS) is 10.4. The fraction of sp³-hybridized carbons (Fsp3) is 0.286. The molecule has 0 unspecified atom stereocenters. The van der Waals surface area contributed by atoms with Crippen molar-refractivity contribution in [3.63, 3.8) is 0 Å². The summed E-state index contributed by atoms with van der Waals surface area (Å²) < 4.78 is 7.32. The molecule has 0 saturated carbocycles. The highest BCUT2D eigenvalue weighted by Gasteiger charge is 2.18. The van der Waals surface area contributed by atoms with Crippen molar-refractivity contribution in [1.29, 1.82) is 0 Å². The monoisotopic (exact) mass is 382 g/mol. The zero-order valence-corrected chi connectivity index (χ0v) is 14.4. The first-order valence-corrected chi connectivity index (χ1v) is 7.44. The number of halogens is 1. The third kappa shape index (κ3) is 3.67. The van der Waals surface area contributed by atoms with E-state index in [2.05, 4.69) is 26.3 Å². The Hall–Kier alpha value is -2.42. The van der Waals surface area contributed by atoms with E-state index in [1.54, 1.807) is 6.07 Å². The molecule has 23 heavy (non-hydrogen) atoms. The van der Waals surface area contributed by atoms with Crippen LogP contribution in [0.15, 0.2) is 22.7 Å². The van der Waals surface area contributed by atoms with Gasteiger partial charge in [-0.3, -0.25) is 19.6 Å². The van der Waals surface area contributed by atoms with Gasteiger partial charge in [-0.05, 0) is 41.9 Å². The molecule has 0 aliphatic rings. The molecule has 0 saturated heterocycles. The van der Waals surface area contributed by atoms with Gasteiger partial charge in [-0.25, -0.2) is 0 Å². The molecular formula is C14H15BrN4O4. The molecule has 0 spiro atoms. The van der Waals surface area contributed by atoms with E-state index in [0.29, 0.717) is 5.75 Å². The number of nitrogens with one attached hydrogen (secondary N) is 1. The van der Waals surface area contributed by atoms with E-state index < -0.39 is 10.8 Å². The van der Waals surface area contributed by atoms with Gasteiger partial charge in [-0.1, -0.05) is 0 Å². The van der Waals surface area contributed by atoms with Crippen molar-refractivity contribution in [3.8, 4) is 5.75 Å². The topological polar surface area (TPSA) is 99.3 Å². The van der Waals surface area contributed by atoms with Crippen LogP contribution in [0.25, 0.3) is 0 Å². The van der Waals surface area contributed by atoms with Crippen molar-refractivity contribution >= 4 is 33.2 Å². The van der Waals surface area contributed by atoms with Crippen LogP contribution in [-0.4, -0.2) is 27.7 Å². The van der Waals surface area contributed by atoms with Crippen molar-refractivity contribution < 1.29 is 14.5 Å². The van der Waals surface area contributed by atoms with E-state index in [9.17, 15) is 14.9 Å². The Kier molecular flexibility index (Phi) is 4.99. The summed E-state index contributed by atoms with van der Waals surface area (Å²) in [6.45, 7) is 3.61. The highest BCUT2D eigenvalue weighted by atomic mass is 79.9. The van der Waals surface area contributed by atoms with Crippen molar-refractivity contribution in [3.05, 3.63) is 44.2 Å². The number of nitrogens with zero attached hydrogens (tertiary/aromatic N) is 3. The number of rotatable bonds is 5. The Morgan fingerprint density at radius 3 is 2.70 bits per heavy atom. The van der Waals surface area contributed by atoms with Gasteiger partial charge >= 0.3 is 0 Å². The molecule has 0 aliphatic heterocycles. The quantitative estimate of drug-likeness (QED) is 0.632. The number of hydrogen-bond donors (Lipinski definition) is 1. The van der Waals surface area contributed by atoms with Gasteiger partial charge in [0, 0.05) is 0 Å². The Bertz CT molecular complexity index is 772. The minimum absolute atomic E-state index is 0.0402. The summed E-state index contributed by atoms with van der Waals surface area (Å²) in [7, 11) is 1.41. The summed E-state index contributed by atoms with van der Waals surface area (Å²) in [6.07, 6.45) is 0. The molecule has 0 atom stereocenters. The molecule has 0 aliphatic carbocycles. The van der Waals surface area contributed by atoms with Crippen LogP contribution in [-0.2, 0) is 11.3 Å². The van der Waals surface area contributed by atoms with E-state index in [0.717, 1.165) is 15.9 Å². The number of carbonyl (C=O) groups excluding carboxylic acids is 1. The first-order valence-electron chi connectivity index (χ1n) is 6.65. The van der Waals surface area contributed by atoms with Gasteiger partial charge < -0.3 is 10.1 Å². The predicted molar refractivity (Wildman–Crippen MR) is 87.7 cm³/mol. The summed E-state index contributed by atoms with van der Waals surface area (Å²) in [5.74, 6) is -0.0615. The average molecular weight is 383 g/mol. The molecule has 2 rings (SSSR count). The molecule has 1 aromatic carbocycles. The first kappa shape index (κ1) is 16.9. The van der Waals surface area contributed by atoms with Gasteiger partial charge in [-0.2, -0.15) is 5.10 Å². The molecule has 1 heterocycles. The van der Waals surface area contributed by atoms with Gasteiger partial charge in [0.1, 0.15) is 18.0 Å². The summed E-state index contributed by atoms with van der Waals surface area (Å²) in [4.78, 5) is 22.7. The maximum absolute atomic E-state index is 12.1. The molecule has 1 amide bonds. The van der Waals surface area contributed by atoms with E-state index in [-0.39, 0.29) is 17.9 Å². The predicted octanol–water partition coefficient (Wildman–Crippen LogP) is 2.82. The molecule has 1 N–H and O–H groups in total. The number of anilines is 1. The standard InChI is InChI=1S/C14H15BrN4O4/c1-8-14(15)9(2)18(17-8)7-13(20)16-11-5-4-10(23-3)6-12(11)19(21)22/h4-6H,7H2,1-3H3,(H,16,20). The number of methoxy groups -OCH3 is 1. The van der Waals surface area contributed by atoms with Crippen LogP contribution < -0.4 is 10.1 Å². The number of nitro groups is 1. The molecule has 2 aromatic rings. The van der Waals surface area contributed by atoms with Crippen LogP contribution in [0.5, 0.6) is 5.75 Å². The van der Waals surface area contributed by atoms with Crippen molar-refractivity contribution in [2.75, 3.05) is 12.4 Å². The fourth-order valence-corrected chi connectivity index (χ4v) is 2.33. The Morgan fingerprint density at radius 2 is 2.17 bits per heavy atom. The van der Waals surface area contributed by atoms with Crippen LogP contribution in [0.3, 0.4) is 0 Å². The van der Waals surface area contributed by atoms with Crippen LogP contribution in [0, 0.1) is 24.0 Å². The summed E-state index contributed by atoms with van der Waals surface area (Å²) >= 11 is 3.39. The number of aryl methyl sites for hydroxylation is 1. The Morgan fingerprint density at radius 1 is 1.48 bits per heavy atom. The average Bonchev–Trinajstić information content (AvgIpc) is 2.74. The maximum atomic E-state index is 12.1. The SMILES string of the molecule is COc1ccc(NC(=O)Cn2nc(C)c(Br)c2C)c([N+](=O)[O-])c1. The van der Waals surface area contributed by atoms with Crippen molar-refractivity contribution in [2.45, 2.75) is 20.4 Å². The van der Waals surface area contributed by atoms with Crippen LogP contribution in [0.4, 0.5) is 11.4 Å². The lowest BCUT2D eigenvalue weighted by Gasteiger charge is -2.08. The summed E-state index contributed by atoms with van der Waals surface area (Å²) in [5, 5.41) is 17.9. The van der Waals surface area contributed by atoms with Gasteiger partial charge in [0.15, 0.2) is 0 Å². The molecular weight excluding hydrogens is 368 g/mol. The van der Waals surface area contributed by atoms with Crippen LogP contribution in [0.2, 0.25) is 0 Å². The smallest absolute Gasteiger partial charge is 0.296 e. The third-order valence-corrected chi connectivity index (χ3v) is 4.41. The molecule has 0 radical (unpaired) electrons. The fourth-order valence-electron chi connectivity index (χ4n) is 2.05. The summed E-state index contributed by atoms with van der Waals surface area (Å²) in [5.41, 5.74) is 1.46. The van der Waals surface area contributed by atoms with Crippen molar-refractivity contribution in [1.82, 2.24) is 9.78 Å². The Balaban J connectivity index is 2.20. The molecule has 8 nitrogen and oxygen atoms in total. The van der Waals surface area contributed by atoms with Crippen molar-refractivity contribution in [2.24, 2.45) is 0 Å². The molecule has 9 heteroatoms. The second-order valence-corrected chi connectivity index (χ2v) is 5.62. The highest BCUT2D eigenvalue weighted by Crippen LogP contribution is 2.29. The second-order valence-electron chi connectivity index (χ2n) is 4.83. The number of nitro benzene ring substituents is 1. The minimum Gasteiger partial charge on any atom is -0.496 e. The molecule has 1 aromatic heterocycles. The highest BCUT2D eigenvalue weighted by molar-refractivity contribution is 9.10. The number of amides is 1. The van der Waals surface area contributed by atoms with E-state index >= 15 is 0 Å². The lowest BCUT2D eigenvalue weighted by atomic mass is 10.2. The number of carbonyl (C=O) groups is 1. The number of benzene rings is 1. The first-order chi connectivity index (χ1) is 10.8. The van der Waals surface area contributed by atoms with Gasteiger partial charge in [0.2, 0.25) is 5.91 Å². The molecule has 0 fully saturated rings. The number of hydrogen-bond acceptors (Lipinski definition) is 5. The maximum Gasteiger partial charge on any atom is 0.296 e. The third-order valence-electron chi connectivity index (χ3n) is 3.26. The largest absolute Gasteiger partial charge is 0.496 e. The molecule has 0 bridgehead atoms. The summed E-state index contributed by atoms with van der Waals surface area (Å²) in [6, 6.07) is 4.24. The van der Waals surface area contributed by atoms with Gasteiger partial charge in [0.25, 0.3) is 5.69 Å². The minimum atomic E-state index is -0.571. The lowest BCUT2D eigenvalue weighted by Crippen LogP contribution is -2.20. The lowest BCUT2D eigenvalue weighted by molar-refractivity contribution is -0.384. The van der Waals surface area contributed by atoms with E-state index in [4.69, 9.17) is 4.74 Å². The van der Waals surface area contributed by atoms with Gasteiger partial charge in [0.05, 0.1) is 34.0 Å². The van der Waals surface area contributed by atoms with Crippen LogP contribution in [0.1, 0.15) is 11.4 Å². The Labute approximate surface area is 140 Å². The van der Waals surface area contributed by atoms with Crippen LogP contribution >= 0.6 is 15.9 Å². The number of aromatic nitrogens is 2. The van der Waals surface area contributed by atoms with E-state index in [1.165, 1.54) is 23.9 Å². The van der Waals surface area contributed by atoms with Gasteiger partial charge in [-0.15, -0.1) is 0 Å². The zero-order chi connectivity index (χ0) is 17.1. The second kappa shape index (κ2) is 6.78. The number of ether oxygens (including phenoxy) is 1. The zero-order valence-electron chi connectivity index (χ0n) is 12.8.